The van der Waals surface area contributed by atoms with Crippen molar-refractivity contribution in [2.24, 2.45) is 11.7 Å². The smallest absolute Gasteiger partial charge is 0.338 e. The highest BCUT2D eigenvalue weighted by Gasteiger charge is 2.31. The lowest BCUT2D eigenvalue weighted by Crippen LogP contribution is -2.39. The van der Waals surface area contributed by atoms with E-state index in [-0.39, 0.29) is 0 Å². The Bertz CT molecular complexity index is 361. The van der Waals surface area contributed by atoms with E-state index in [9.17, 15) is 10.0 Å². The summed E-state index contributed by atoms with van der Waals surface area (Å²) in [5.41, 5.74) is 6.28. The van der Waals surface area contributed by atoms with Crippen LogP contribution < -0.4 is 5.73 Å². The van der Waals surface area contributed by atoms with E-state index < -0.39 is 6.03 Å². The van der Waals surface area contributed by atoms with Crippen LogP contribution in [0.3, 0.4) is 0 Å². The number of hydrogen-bond donors (Lipinski definition) is 2. The van der Waals surface area contributed by atoms with Crippen LogP contribution in [0.25, 0.3) is 0 Å². The number of primary amides is 1. The van der Waals surface area contributed by atoms with E-state index in [1.807, 2.05) is 18.2 Å². The second-order valence-corrected chi connectivity index (χ2v) is 4.37. The van der Waals surface area contributed by atoms with Crippen molar-refractivity contribution in [1.82, 2.24) is 5.06 Å². The predicted octanol–water partition coefficient (Wildman–Crippen LogP) is 1.95. The Kier molecular flexibility index (Phi) is 3.10. The maximum Gasteiger partial charge on any atom is 0.338 e. The third-order valence-corrected chi connectivity index (χ3v) is 3.19. The summed E-state index contributed by atoms with van der Waals surface area (Å²) in [4.78, 5) is 10.6. The van der Waals surface area contributed by atoms with E-state index in [4.69, 9.17) is 5.73 Å². The van der Waals surface area contributed by atoms with Crippen LogP contribution in [0.1, 0.15) is 24.3 Å². The van der Waals surface area contributed by atoms with Crippen LogP contribution in [-0.2, 0) is 0 Å². The molecule has 0 unspecified atom stereocenters. The first-order chi connectivity index (χ1) is 7.66. The molecule has 1 aromatic rings. The normalized spacial score (nSPS) is 23.6. The topological polar surface area (TPSA) is 66.6 Å². The van der Waals surface area contributed by atoms with Crippen molar-refractivity contribution in [2.45, 2.75) is 18.8 Å². The monoisotopic (exact) mass is 220 g/mol. The number of nitrogens with zero attached hydrogens (tertiary/aromatic N) is 1. The molecule has 1 saturated carbocycles. The van der Waals surface area contributed by atoms with Gasteiger partial charge in [0.2, 0.25) is 0 Å². The van der Waals surface area contributed by atoms with Gasteiger partial charge in [0, 0.05) is 0 Å². The fourth-order valence-electron chi connectivity index (χ4n) is 2.22. The molecule has 0 aromatic heterocycles. The molecule has 1 aliphatic carbocycles. The zero-order valence-electron chi connectivity index (χ0n) is 9.04. The van der Waals surface area contributed by atoms with Gasteiger partial charge in [-0.15, -0.1) is 0 Å². The molecule has 2 rings (SSSR count). The first-order valence-corrected chi connectivity index (χ1v) is 5.47. The van der Waals surface area contributed by atoms with Gasteiger partial charge in [-0.3, -0.25) is 5.21 Å². The van der Waals surface area contributed by atoms with Gasteiger partial charge in [0.25, 0.3) is 0 Å². The van der Waals surface area contributed by atoms with Crippen molar-refractivity contribution in [2.75, 3.05) is 6.54 Å². The number of urea groups is 1. The molecule has 0 spiro atoms. The minimum atomic E-state index is -0.775. The maximum absolute atomic E-state index is 10.6. The highest BCUT2D eigenvalue weighted by Crippen LogP contribution is 2.41. The average molecular weight is 220 g/mol. The number of carbonyl (C=O) groups is 1. The van der Waals surface area contributed by atoms with Crippen LogP contribution >= 0.6 is 0 Å². The van der Waals surface area contributed by atoms with E-state index in [1.165, 1.54) is 5.56 Å². The molecule has 86 valence electrons. The molecule has 1 aromatic carbocycles. The molecule has 0 heterocycles. The minimum absolute atomic E-state index is 0.346. The van der Waals surface area contributed by atoms with Crippen LogP contribution in [0.15, 0.2) is 30.3 Å². The average Bonchev–Trinajstić information content (AvgIpc) is 2.23. The van der Waals surface area contributed by atoms with Crippen molar-refractivity contribution in [1.29, 1.82) is 0 Å². The largest absolute Gasteiger partial charge is 0.350 e. The van der Waals surface area contributed by atoms with E-state index in [0.29, 0.717) is 23.4 Å². The van der Waals surface area contributed by atoms with E-state index in [2.05, 4.69) is 12.1 Å². The molecular formula is C12H16N2O2. The number of hydroxylamine groups is 2. The first kappa shape index (κ1) is 11.0. The second-order valence-electron chi connectivity index (χ2n) is 4.37. The summed E-state index contributed by atoms with van der Waals surface area (Å²) in [7, 11) is 0. The lowest BCUT2D eigenvalue weighted by Gasteiger charge is -2.36. The number of rotatable bonds is 3. The van der Waals surface area contributed by atoms with Crippen LogP contribution in [0, 0.1) is 5.92 Å². The fourth-order valence-corrected chi connectivity index (χ4v) is 2.22. The lowest BCUT2D eigenvalue weighted by atomic mass is 9.71. The fraction of sp³-hybridized carbons (Fsp3) is 0.417. The molecular weight excluding hydrogens is 204 g/mol. The number of nitrogens with two attached hydrogens (primary N) is 1. The zero-order chi connectivity index (χ0) is 11.5. The molecule has 4 nitrogen and oxygen atoms in total. The van der Waals surface area contributed by atoms with Gasteiger partial charge in [-0.2, -0.15) is 0 Å². The summed E-state index contributed by atoms with van der Waals surface area (Å²) in [6.07, 6.45) is 2.02. The summed E-state index contributed by atoms with van der Waals surface area (Å²) in [5, 5.41) is 9.78. The standard InChI is InChI=1S/C12H16N2O2/c13-12(15)14(16)8-9-6-11(7-9)10-4-2-1-3-5-10/h1-5,9,11,16H,6-8H2,(H2,13,15). The van der Waals surface area contributed by atoms with Gasteiger partial charge < -0.3 is 5.73 Å². The number of benzene rings is 1. The molecule has 1 fully saturated rings. The Morgan fingerprint density at radius 1 is 1.38 bits per heavy atom. The summed E-state index contributed by atoms with van der Waals surface area (Å²) in [6, 6.07) is 9.53. The van der Waals surface area contributed by atoms with Crippen molar-refractivity contribution in [3.63, 3.8) is 0 Å². The molecule has 0 bridgehead atoms. The van der Waals surface area contributed by atoms with E-state index in [0.717, 1.165) is 12.8 Å². The van der Waals surface area contributed by atoms with Crippen LogP contribution in [0.5, 0.6) is 0 Å². The van der Waals surface area contributed by atoms with Crippen LogP contribution in [-0.4, -0.2) is 22.8 Å². The number of hydrogen-bond acceptors (Lipinski definition) is 2. The summed E-state index contributed by atoms with van der Waals surface area (Å²) in [5.74, 6) is 0.926. The molecule has 4 heteroatoms. The molecule has 2 amide bonds. The van der Waals surface area contributed by atoms with Crippen molar-refractivity contribution in [3.8, 4) is 0 Å². The highest BCUT2D eigenvalue weighted by molar-refractivity contribution is 5.70. The Morgan fingerprint density at radius 2 is 2.00 bits per heavy atom. The van der Waals surface area contributed by atoms with Gasteiger partial charge in [0.05, 0.1) is 6.54 Å². The van der Waals surface area contributed by atoms with Gasteiger partial charge in [-0.25, -0.2) is 9.86 Å². The van der Waals surface area contributed by atoms with Crippen molar-refractivity contribution < 1.29 is 10.0 Å². The van der Waals surface area contributed by atoms with Gasteiger partial charge in [0.1, 0.15) is 0 Å². The SMILES string of the molecule is NC(=O)N(O)CC1CC(c2ccccc2)C1. The Hall–Kier alpha value is -1.55. The molecule has 3 N–H and O–H groups in total. The van der Waals surface area contributed by atoms with Gasteiger partial charge in [-0.1, -0.05) is 30.3 Å². The third-order valence-electron chi connectivity index (χ3n) is 3.19. The van der Waals surface area contributed by atoms with E-state index in [1.54, 1.807) is 0 Å². The van der Waals surface area contributed by atoms with Gasteiger partial charge in [-0.05, 0) is 30.2 Å². The maximum atomic E-state index is 10.6. The van der Waals surface area contributed by atoms with Crippen LogP contribution in [0.4, 0.5) is 4.79 Å². The Labute approximate surface area is 94.6 Å². The highest BCUT2D eigenvalue weighted by atomic mass is 16.5. The molecule has 0 aliphatic heterocycles. The first-order valence-electron chi connectivity index (χ1n) is 5.47. The van der Waals surface area contributed by atoms with Crippen LogP contribution in [0.2, 0.25) is 0 Å². The lowest BCUT2D eigenvalue weighted by molar-refractivity contribution is -0.0604. The molecule has 16 heavy (non-hydrogen) atoms. The molecule has 0 radical (unpaired) electrons. The predicted molar refractivity (Wildman–Crippen MR) is 60.0 cm³/mol. The quantitative estimate of drug-likeness (QED) is 0.604. The Morgan fingerprint density at radius 3 is 2.56 bits per heavy atom. The van der Waals surface area contributed by atoms with Crippen molar-refractivity contribution >= 4 is 6.03 Å². The molecule has 1 aliphatic rings. The molecule has 0 atom stereocenters. The number of carbonyl (C=O) groups excluding carboxylic acids is 1. The van der Waals surface area contributed by atoms with E-state index >= 15 is 0 Å². The molecule has 0 saturated heterocycles. The zero-order valence-corrected chi connectivity index (χ0v) is 9.04. The van der Waals surface area contributed by atoms with Crippen molar-refractivity contribution in [3.05, 3.63) is 35.9 Å². The summed E-state index contributed by atoms with van der Waals surface area (Å²) in [6.45, 7) is 0.346. The number of amides is 2. The van der Waals surface area contributed by atoms with Gasteiger partial charge >= 0.3 is 6.03 Å². The minimum Gasteiger partial charge on any atom is -0.350 e. The second kappa shape index (κ2) is 4.53. The third kappa shape index (κ3) is 2.33. The summed E-state index contributed by atoms with van der Waals surface area (Å²) < 4.78 is 0. The van der Waals surface area contributed by atoms with Gasteiger partial charge in [0.15, 0.2) is 0 Å². The summed E-state index contributed by atoms with van der Waals surface area (Å²) >= 11 is 0. The Balaban J connectivity index is 1.80.